The predicted octanol–water partition coefficient (Wildman–Crippen LogP) is 3.35. The summed E-state index contributed by atoms with van der Waals surface area (Å²) < 4.78 is 23.1. The van der Waals surface area contributed by atoms with Gasteiger partial charge in [-0.05, 0) is 18.2 Å². The number of hydrogen-bond acceptors (Lipinski definition) is 5. The van der Waals surface area contributed by atoms with Crippen molar-refractivity contribution < 1.29 is 23.6 Å². The van der Waals surface area contributed by atoms with Crippen molar-refractivity contribution in [3.63, 3.8) is 0 Å². The third kappa shape index (κ3) is 3.48. The molecule has 22 heavy (non-hydrogen) atoms. The van der Waals surface area contributed by atoms with E-state index in [-0.39, 0.29) is 22.9 Å². The van der Waals surface area contributed by atoms with Gasteiger partial charge in [-0.3, -0.25) is 15.4 Å². The highest BCUT2D eigenvalue weighted by Crippen LogP contribution is 2.29. The SMILES string of the molecule is COc1cc([N+](=O)[O-])ccc1NC(=O)Oc1ccccc1F. The van der Waals surface area contributed by atoms with Gasteiger partial charge in [0.05, 0.1) is 23.8 Å². The Morgan fingerprint density at radius 3 is 2.59 bits per heavy atom. The van der Waals surface area contributed by atoms with Gasteiger partial charge in [0.15, 0.2) is 11.6 Å². The number of nitrogens with one attached hydrogen (secondary N) is 1. The average molecular weight is 306 g/mol. The van der Waals surface area contributed by atoms with Gasteiger partial charge in [0.1, 0.15) is 5.75 Å². The summed E-state index contributed by atoms with van der Waals surface area (Å²) in [5, 5.41) is 13.0. The summed E-state index contributed by atoms with van der Waals surface area (Å²) in [6, 6.07) is 9.05. The molecule has 7 nitrogen and oxygen atoms in total. The first kappa shape index (κ1) is 15.2. The standard InChI is InChI=1S/C14H11FN2O5/c1-21-13-8-9(17(19)20)6-7-11(13)16-14(18)22-12-5-3-2-4-10(12)15/h2-8H,1H3,(H,16,18). The van der Waals surface area contributed by atoms with E-state index in [0.717, 1.165) is 12.1 Å². The van der Waals surface area contributed by atoms with E-state index in [1.54, 1.807) is 0 Å². The Morgan fingerprint density at radius 2 is 1.95 bits per heavy atom. The van der Waals surface area contributed by atoms with E-state index in [4.69, 9.17) is 9.47 Å². The molecule has 114 valence electrons. The van der Waals surface area contributed by atoms with Crippen molar-refractivity contribution in [2.75, 3.05) is 12.4 Å². The molecule has 0 saturated carbocycles. The number of non-ortho nitro benzene ring substituents is 1. The highest BCUT2D eigenvalue weighted by Gasteiger charge is 2.15. The number of ether oxygens (including phenoxy) is 2. The van der Waals surface area contributed by atoms with Crippen LogP contribution in [-0.2, 0) is 0 Å². The Hall–Kier alpha value is -3.16. The van der Waals surface area contributed by atoms with Gasteiger partial charge < -0.3 is 9.47 Å². The Morgan fingerprint density at radius 1 is 1.23 bits per heavy atom. The van der Waals surface area contributed by atoms with Gasteiger partial charge in [-0.1, -0.05) is 12.1 Å². The van der Waals surface area contributed by atoms with Crippen LogP contribution in [0.2, 0.25) is 0 Å². The summed E-state index contributed by atoms with van der Waals surface area (Å²) in [6.45, 7) is 0. The van der Waals surface area contributed by atoms with Crippen molar-refractivity contribution >= 4 is 17.5 Å². The van der Waals surface area contributed by atoms with Gasteiger partial charge in [0, 0.05) is 6.07 Å². The number of carbonyl (C=O) groups excluding carboxylic acids is 1. The second-order valence-electron chi connectivity index (χ2n) is 4.09. The van der Waals surface area contributed by atoms with Crippen molar-refractivity contribution in [1.82, 2.24) is 0 Å². The molecule has 0 bridgehead atoms. The van der Waals surface area contributed by atoms with Crippen LogP contribution in [0.5, 0.6) is 11.5 Å². The lowest BCUT2D eigenvalue weighted by Gasteiger charge is -2.10. The molecule has 0 aliphatic heterocycles. The molecule has 0 aromatic heterocycles. The number of para-hydroxylation sites is 1. The van der Waals surface area contributed by atoms with Crippen LogP contribution in [0.1, 0.15) is 0 Å². The van der Waals surface area contributed by atoms with E-state index in [2.05, 4.69) is 5.32 Å². The van der Waals surface area contributed by atoms with Gasteiger partial charge in [-0.25, -0.2) is 9.18 Å². The first-order chi connectivity index (χ1) is 10.5. The molecule has 0 unspecified atom stereocenters. The lowest BCUT2D eigenvalue weighted by atomic mass is 10.2. The molecule has 1 amide bonds. The van der Waals surface area contributed by atoms with Gasteiger partial charge in [0.25, 0.3) is 5.69 Å². The van der Waals surface area contributed by atoms with E-state index < -0.39 is 16.8 Å². The number of hydrogen-bond donors (Lipinski definition) is 1. The molecule has 0 heterocycles. The molecule has 2 rings (SSSR count). The summed E-state index contributed by atoms with van der Waals surface area (Å²) in [5.74, 6) is -0.839. The average Bonchev–Trinajstić information content (AvgIpc) is 2.49. The van der Waals surface area contributed by atoms with Gasteiger partial charge >= 0.3 is 6.09 Å². The maximum Gasteiger partial charge on any atom is 0.417 e. The van der Waals surface area contributed by atoms with E-state index in [0.29, 0.717) is 0 Å². The summed E-state index contributed by atoms with van der Waals surface area (Å²) in [6.07, 6.45) is -0.947. The van der Waals surface area contributed by atoms with Crippen LogP contribution in [0.4, 0.5) is 20.6 Å². The monoisotopic (exact) mass is 306 g/mol. The Bertz CT molecular complexity index is 720. The molecule has 2 aromatic rings. The Labute approximate surface area is 124 Å². The number of anilines is 1. The van der Waals surface area contributed by atoms with Gasteiger partial charge in [0.2, 0.25) is 0 Å². The first-order valence-corrected chi connectivity index (χ1v) is 6.07. The molecule has 0 radical (unpaired) electrons. The number of carbonyl (C=O) groups is 1. The smallest absolute Gasteiger partial charge is 0.417 e. The van der Waals surface area contributed by atoms with Crippen molar-refractivity contribution in [2.24, 2.45) is 0 Å². The van der Waals surface area contributed by atoms with Gasteiger partial charge in [-0.2, -0.15) is 0 Å². The largest absolute Gasteiger partial charge is 0.494 e. The molecule has 0 aliphatic rings. The zero-order valence-corrected chi connectivity index (χ0v) is 11.4. The molecule has 0 spiro atoms. The number of nitrogens with zero attached hydrogens (tertiary/aromatic N) is 1. The normalized spacial score (nSPS) is 9.91. The van der Waals surface area contributed by atoms with E-state index in [9.17, 15) is 19.3 Å². The molecular formula is C14H11FN2O5. The molecule has 1 N–H and O–H groups in total. The number of halogens is 1. The van der Waals surface area contributed by atoms with Crippen LogP contribution in [0.25, 0.3) is 0 Å². The summed E-state index contributed by atoms with van der Waals surface area (Å²) >= 11 is 0. The molecule has 0 saturated heterocycles. The van der Waals surface area contributed by atoms with Crippen LogP contribution in [-0.4, -0.2) is 18.1 Å². The number of methoxy groups -OCH3 is 1. The molecule has 8 heteroatoms. The molecular weight excluding hydrogens is 295 g/mol. The van der Waals surface area contributed by atoms with E-state index in [1.807, 2.05) is 0 Å². The fraction of sp³-hybridized carbons (Fsp3) is 0.0714. The number of amides is 1. The quantitative estimate of drug-likeness (QED) is 0.691. The Kier molecular flexibility index (Phi) is 4.52. The van der Waals surface area contributed by atoms with Crippen molar-refractivity contribution in [3.05, 3.63) is 58.4 Å². The third-order valence-corrected chi connectivity index (χ3v) is 2.67. The highest BCUT2D eigenvalue weighted by molar-refractivity contribution is 5.88. The van der Waals surface area contributed by atoms with Crippen LogP contribution in [0.3, 0.4) is 0 Å². The Balaban J connectivity index is 2.15. The number of nitro groups is 1. The van der Waals surface area contributed by atoms with Crippen molar-refractivity contribution in [1.29, 1.82) is 0 Å². The summed E-state index contributed by atoms with van der Waals surface area (Å²) in [4.78, 5) is 21.8. The maximum atomic E-state index is 13.4. The van der Waals surface area contributed by atoms with E-state index >= 15 is 0 Å². The van der Waals surface area contributed by atoms with Crippen LogP contribution in [0.15, 0.2) is 42.5 Å². The van der Waals surface area contributed by atoms with Gasteiger partial charge in [-0.15, -0.1) is 0 Å². The first-order valence-electron chi connectivity index (χ1n) is 6.07. The fourth-order valence-corrected chi connectivity index (χ4v) is 1.66. The lowest BCUT2D eigenvalue weighted by molar-refractivity contribution is -0.384. The zero-order chi connectivity index (χ0) is 16.1. The highest BCUT2D eigenvalue weighted by atomic mass is 19.1. The second-order valence-corrected chi connectivity index (χ2v) is 4.09. The zero-order valence-electron chi connectivity index (χ0n) is 11.4. The molecule has 0 fully saturated rings. The second kappa shape index (κ2) is 6.53. The minimum Gasteiger partial charge on any atom is -0.494 e. The molecule has 0 atom stereocenters. The lowest BCUT2D eigenvalue weighted by Crippen LogP contribution is -2.17. The molecule has 2 aromatic carbocycles. The van der Waals surface area contributed by atoms with Crippen molar-refractivity contribution in [2.45, 2.75) is 0 Å². The number of nitro benzene ring substituents is 1. The summed E-state index contributed by atoms with van der Waals surface area (Å²) in [7, 11) is 1.30. The maximum absolute atomic E-state index is 13.4. The van der Waals surface area contributed by atoms with Crippen LogP contribution >= 0.6 is 0 Å². The number of benzene rings is 2. The predicted molar refractivity (Wildman–Crippen MR) is 75.7 cm³/mol. The molecule has 0 aliphatic carbocycles. The van der Waals surface area contributed by atoms with E-state index in [1.165, 1.54) is 37.4 Å². The van der Waals surface area contributed by atoms with Crippen LogP contribution < -0.4 is 14.8 Å². The minimum absolute atomic E-state index is 0.0830. The topological polar surface area (TPSA) is 90.7 Å². The van der Waals surface area contributed by atoms with Crippen LogP contribution in [0, 0.1) is 15.9 Å². The summed E-state index contributed by atoms with van der Waals surface area (Å²) in [5.41, 5.74) is -0.0284. The third-order valence-electron chi connectivity index (χ3n) is 2.67. The fourth-order valence-electron chi connectivity index (χ4n) is 1.66. The minimum atomic E-state index is -0.947. The number of rotatable bonds is 4. The van der Waals surface area contributed by atoms with Crippen molar-refractivity contribution in [3.8, 4) is 11.5 Å².